The van der Waals surface area contributed by atoms with Gasteiger partial charge in [-0.3, -0.25) is 0 Å². The fraction of sp³-hybridized carbons (Fsp3) is 0.850. The second-order valence-electron chi connectivity index (χ2n) is 10.0. The summed E-state index contributed by atoms with van der Waals surface area (Å²) in [5.74, 6) is -0.315. The Balaban J connectivity index is 1.42. The van der Waals surface area contributed by atoms with Crippen molar-refractivity contribution in [1.29, 1.82) is 0 Å². The summed E-state index contributed by atoms with van der Waals surface area (Å²) in [6, 6.07) is 0. The molecule has 7 rings (SSSR count). The van der Waals surface area contributed by atoms with Gasteiger partial charge in [0.1, 0.15) is 35.6 Å². The van der Waals surface area contributed by atoms with Crippen LogP contribution in [0.5, 0.6) is 0 Å². The van der Waals surface area contributed by atoms with Gasteiger partial charge in [0, 0.05) is 23.0 Å². The van der Waals surface area contributed by atoms with E-state index in [0.717, 1.165) is 0 Å². The van der Waals surface area contributed by atoms with Crippen molar-refractivity contribution in [2.45, 2.75) is 86.9 Å². The van der Waals surface area contributed by atoms with Crippen molar-refractivity contribution in [3.05, 3.63) is 11.1 Å². The molecule has 0 bridgehead atoms. The summed E-state index contributed by atoms with van der Waals surface area (Å²) < 4.78 is 39.7. The summed E-state index contributed by atoms with van der Waals surface area (Å²) in [4.78, 5) is 12.1. The van der Waals surface area contributed by atoms with E-state index in [4.69, 9.17) is 18.9 Å². The molecular weight excluding hydrogens is 355 g/mol. The lowest BCUT2D eigenvalue weighted by Gasteiger charge is -2.57. The minimum absolute atomic E-state index is 0.0223. The van der Waals surface area contributed by atoms with Crippen LogP contribution in [0, 0.1) is 11.3 Å². The van der Waals surface area contributed by atoms with Crippen LogP contribution in [-0.2, 0) is 23.7 Å². The molecule has 27 heavy (non-hydrogen) atoms. The van der Waals surface area contributed by atoms with Gasteiger partial charge < -0.3 is 24.1 Å². The molecule has 146 valence electrons. The summed E-state index contributed by atoms with van der Waals surface area (Å²) in [7, 11) is 0. The first-order valence-corrected chi connectivity index (χ1v) is 10.0. The monoisotopic (exact) mass is 378 g/mol. The molecule has 6 nitrogen and oxygen atoms in total. The lowest BCUT2D eigenvalue weighted by molar-refractivity contribution is -0.153. The number of aliphatic hydroxyl groups is 1. The summed E-state index contributed by atoms with van der Waals surface area (Å²) >= 11 is 0. The van der Waals surface area contributed by atoms with E-state index in [1.165, 1.54) is 0 Å². The van der Waals surface area contributed by atoms with Crippen LogP contribution < -0.4 is 0 Å². The number of ether oxygens (including phenoxy) is 4. The number of hydrogen-bond donors (Lipinski definition) is 1. The maximum Gasteiger partial charge on any atom is 0.334 e. The molecule has 4 heterocycles. The van der Waals surface area contributed by atoms with Crippen LogP contribution in [0.1, 0.15) is 40.0 Å². The van der Waals surface area contributed by atoms with Crippen molar-refractivity contribution < 1.29 is 33.2 Å². The van der Waals surface area contributed by atoms with Crippen LogP contribution in [-0.4, -0.2) is 64.6 Å². The third-order valence-corrected chi connectivity index (χ3v) is 9.21. The van der Waals surface area contributed by atoms with Crippen LogP contribution in [0.25, 0.3) is 0 Å². The number of rotatable bonds is 1. The van der Waals surface area contributed by atoms with E-state index < -0.39 is 40.1 Å². The van der Waals surface area contributed by atoms with E-state index in [1.54, 1.807) is 0 Å². The molecular formula is C20H23FO6. The Morgan fingerprint density at radius 3 is 2.74 bits per heavy atom. The second kappa shape index (κ2) is 3.86. The van der Waals surface area contributed by atoms with E-state index in [9.17, 15) is 9.90 Å². The van der Waals surface area contributed by atoms with Crippen LogP contribution in [0.4, 0.5) is 4.39 Å². The van der Waals surface area contributed by atoms with Gasteiger partial charge in [-0.15, -0.1) is 0 Å². The quantitative estimate of drug-likeness (QED) is 0.545. The number of halogens is 1. The van der Waals surface area contributed by atoms with E-state index in [2.05, 4.69) is 0 Å². The minimum Gasteiger partial charge on any atom is -0.458 e. The molecule has 0 amide bonds. The van der Waals surface area contributed by atoms with Gasteiger partial charge in [-0.05, 0) is 18.8 Å². The number of carbonyl (C=O) groups is 1. The fourth-order valence-corrected chi connectivity index (χ4v) is 7.63. The van der Waals surface area contributed by atoms with E-state index >= 15 is 4.39 Å². The molecule has 7 aliphatic rings. The smallest absolute Gasteiger partial charge is 0.334 e. The molecule has 1 N–H and O–H groups in total. The number of esters is 1. The lowest BCUT2D eigenvalue weighted by Crippen LogP contribution is -2.73. The van der Waals surface area contributed by atoms with Crippen molar-refractivity contribution in [3.8, 4) is 0 Å². The molecule has 2 saturated carbocycles. The highest BCUT2D eigenvalue weighted by Gasteiger charge is 3.02. The average Bonchev–Trinajstić information content (AvgIpc) is 3.49. The molecule has 3 saturated heterocycles. The predicted octanol–water partition coefficient (Wildman–Crippen LogP) is 1.20. The highest BCUT2D eigenvalue weighted by Crippen LogP contribution is 2.84. The fourth-order valence-electron chi connectivity index (χ4n) is 7.63. The maximum atomic E-state index is 16.0. The zero-order valence-electron chi connectivity index (χ0n) is 15.6. The minimum atomic E-state index is -1.28. The Morgan fingerprint density at radius 1 is 1.22 bits per heavy atom. The molecule has 5 fully saturated rings. The molecule has 0 radical (unpaired) electrons. The molecule has 9 atom stereocenters. The Hall–Kier alpha value is -1.02. The number of hydrogen-bond acceptors (Lipinski definition) is 6. The number of fused-ring (bicyclic) bond motifs is 4. The van der Waals surface area contributed by atoms with Crippen molar-refractivity contribution in [2.75, 3.05) is 6.61 Å². The Bertz CT molecular complexity index is 871. The molecule has 4 aliphatic heterocycles. The standard InChI is InChI=1S/C20H23FO6/c1-8(2)18-12(26-18)13-20(27-13)16(3)5-4-9-10(7-24-14(9)22)17(16,23)6-11-19(20,25-11)15(18)21/h8,11-13,15,23H,4-7H2,1-3H3/t11-,12-,13-,15+,16-,17+,18-,19+,20+/m0/s1. The molecule has 2 spiro atoms. The molecule has 7 heteroatoms. The van der Waals surface area contributed by atoms with Crippen LogP contribution in [0.2, 0.25) is 0 Å². The summed E-state index contributed by atoms with van der Waals surface area (Å²) in [6.07, 6.45) is -0.942. The number of carbonyl (C=O) groups excluding carboxylic acids is 1. The van der Waals surface area contributed by atoms with Crippen molar-refractivity contribution in [1.82, 2.24) is 0 Å². The SMILES string of the molecule is CC(C)[C@]12O[C@H]1[C@@H]1O[C@]13[C@]1(O[C@H]1C[C@@]1(O)C4=C(CC[C@]31C)C(=O)OC4)[C@@H]2F. The zero-order chi connectivity index (χ0) is 18.8. The van der Waals surface area contributed by atoms with Gasteiger partial charge in [0.2, 0.25) is 0 Å². The molecule has 0 aromatic carbocycles. The van der Waals surface area contributed by atoms with E-state index in [1.807, 2.05) is 20.8 Å². The first kappa shape index (κ1) is 15.9. The number of cyclic esters (lactones) is 1. The highest BCUT2D eigenvalue weighted by atomic mass is 19.1. The zero-order valence-corrected chi connectivity index (χ0v) is 15.6. The summed E-state index contributed by atoms with van der Waals surface area (Å²) in [6.45, 7) is 6.05. The first-order valence-electron chi connectivity index (χ1n) is 10.0. The van der Waals surface area contributed by atoms with Gasteiger partial charge in [0.15, 0.2) is 11.8 Å². The second-order valence-corrected chi connectivity index (χ2v) is 10.0. The topological polar surface area (TPSA) is 84.1 Å². The number of epoxide rings is 3. The molecule has 0 aromatic heterocycles. The van der Waals surface area contributed by atoms with Crippen LogP contribution >= 0.6 is 0 Å². The van der Waals surface area contributed by atoms with Gasteiger partial charge in [0.05, 0.1) is 6.10 Å². The Kier molecular flexibility index (Phi) is 2.27. The molecule has 0 unspecified atom stereocenters. The van der Waals surface area contributed by atoms with Gasteiger partial charge in [0.25, 0.3) is 0 Å². The summed E-state index contributed by atoms with van der Waals surface area (Å²) in [5.41, 5.74) is -3.57. The third-order valence-electron chi connectivity index (χ3n) is 9.21. The molecule has 0 aromatic rings. The lowest BCUT2D eigenvalue weighted by atomic mass is 9.45. The third kappa shape index (κ3) is 1.20. The average molecular weight is 378 g/mol. The maximum absolute atomic E-state index is 16.0. The van der Waals surface area contributed by atoms with E-state index in [-0.39, 0.29) is 37.1 Å². The largest absolute Gasteiger partial charge is 0.458 e. The molecule has 3 aliphatic carbocycles. The van der Waals surface area contributed by atoms with Gasteiger partial charge >= 0.3 is 5.97 Å². The van der Waals surface area contributed by atoms with Gasteiger partial charge in [-0.25, -0.2) is 9.18 Å². The van der Waals surface area contributed by atoms with Crippen molar-refractivity contribution in [3.63, 3.8) is 0 Å². The Morgan fingerprint density at radius 2 is 2.00 bits per heavy atom. The van der Waals surface area contributed by atoms with Crippen LogP contribution in [0.3, 0.4) is 0 Å². The Labute approximate surface area is 156 Å². The number of alkyl halides is 1. The summed E-state index contributed by atoms with van der Waals surface area (Å²) in [5, 5.41) is 11.9. The first-order chi connectivity index (χ1) is 12.7. The predicted molar refractivity (Wildman–Crippen MR) is 87.4 cm³/mol. The van der Waals surface area contributed by atoms with Crippen molar-refractivity contribution >= 4 is 5.97 Å². The highest BCUT2D eigenvalue weighted by molar-refractivity contribution is 5.93. The van der Waals surface area contributed by atoms with Crippen molar-refractivity contribution in [2.24, 2.45) is 11.3 Å². The normalized spacial score (nSPS) is 64.0. The van der Waals surface area contributed by atoms with E-state index in [0.29, 0.717) is 24.0 Å². The van der Waals surface area contributed by atoms with Gasteiger partial charge in [-0.2, -0.15) is 0 Å². The van der Waals surface area contributed by atoms with Crippen LogP contribution in [0.15, 0.2) is 11.1 Å². The van der Waals surface area contributed by atoms with Gasteiger partial charge in [-0.1, -0.05) is 20.8 Å².